The second kappa shape index (κ2) is 8.16. The first-order chi connectivity index (χ1) is 15.6. The zero-order valence-electron chi connectivity index (χ0n) is 17.6. The van der Waals surface area contributed by atoms with Gasteiger partial charge in [0.1, 0.15) is 19.4 Å². The van der Waals surface area contributed by atoms with Crippen LogP contribution >= 0.6 is 11.6 Å². The molecule has 8 heteroatoms. The number of nitrogens with one attached hydrogen (secondary N) is 1. The number of hydrogen-bond donors (Lipinski definition) is 1. The van der Waals surface area contributed by atoms with Crippen molar-refractivity contribution in [2.45, 2.75) is 6.17 Å². The van der Waals surface area contributed by atoms with Crippen molar-refractivity contribution in [3.05, 3.63) is 70.7 Å². The fourth-order valence-electron chi connectivity index (χ4n) is 4.03. The fraction of sp³-hybridized carbons (Fsp3) is 0.208. The third kappa shape index (κ3) is 3.35. The lowest BCUT2D eigenvalue weighted by molar-refractivity contribution is 0.0974. The summed E-state index contributed by atoms with van der Waals surface area (Å²) in [6, 6.07) is 16.5. The van der Waals surface area contributed by atoms with Crippen LogP contribution in [-0.2, 0) is 0 Å². The van der Waals surface area contributed by atoms with Gasteiger partial charge in [-0.25, -0.2) is 0 Å². The molecule has 0 aromatic heterocycles. The van der Waals surface area contributed by atoms with E-state index in [1.807, 2.05) is 42.5 Å². The van der Waals surface area contributed by atoms with E-state index in [9.17, 15) is 4.79 Å². The van der Waals surface area contributed by atoms with Gasteiger partial charge in [0.2, 0.25) is 0 Å². The van der Waals surface area contributed by atoms with E-state index in [0.29, 0.717) is 52.5 Å². The van der Waals surface area contributed by atoms with Crippen LogP contribution < -0.4 is 29.2 Å². The molecule has 164 valence electrons. The van der Waals surface area contributed by atoms with Crippen molar-refractivity contribution in [2.24, 2.45) is 0 Å². The average Bonchev–Trinajstić information content (AvgIpc) is 2.83. The standard InChI is InChI=1S/C24H21ClN2O5/c1-29-21-12-14(11-17(25)22(21)30-2)23-26-18-6-4-3-5-16(18)24(28)27(23)15-7-8-19-20(13-15)32-10-9-31-19/h3-8,11-13,23,26H,9-10H2,1-2H3. The number of anilines is 2. The Morgan fingerprint density at radius 2 is 1.78 bits per heavy atom. The molecule has 2 aliphatic heterocycles. The summed E-state index contributed by atoms with van der Waals surface area (Å²) in [6.45, 7) is 0.955. The molecule has 1 unspecified atom stereocenters. The molecule has 0 fully saturated rings. The summed E-state index contributed by atoms with van der Waals surface area (Å²) in [4.78, 5) is 15.3. The molecule has 3 aromatic carbocycles. The van der Waals surface area contributed by atoms with Crippen molar-refractivity contribution in [1.29, 1.82) is 0 Å². The minimum Gasteiger partial charge on any atom is -0.493 e. The Morgan fingerprint density at radius 3 is 2.56 bits per heavy atom. The van der Waals surface area contributed by atoms with Crippen LogP contribution in [0.25, 0.3) is 0 Å². The summed E-state index contributed by atoms with van der Waals surface area (Å²) < 4.78 is 22.2. The van der Waals surface area contributed by atoms with Crippen LogP contribution in [0.2, 0.25) is 5.02 Å². The van der Waals surface area contributed by atoms with E-state index in [-0.39, 0.29) is 5.91 Å². The number of hydrogen-bond acceptors (Lipinski definition) is 6. The first kappa shape index (κ1) is 20.3. The Morgan fingerprint density at radius 1 is 1.00 bits per heavy atom. The van der Waals surface area contributed by atoms with Crippen LogP contribution in [0.5, 0.6) is 23.0 Å². The molecule has 0 aliphatic carbocycles. The van der Waals surface area contributed by atoms with Gasteiger partial charge in [0.15, 0.2) is 23.0 Å². The highest BCUT2D eigenvalue weighted by molar-refractivity contribution is 6.32. The quantitative estimate of drug-likeness (QED) is 0.607. The van der Waals surface area contributed by atoms with Gasteiger partial charge in [0.25, 0.3) is 5.91 Å². The van der Waals surface area contributed by atoms with Crippen LogP contribution in [0.15, 0.2) is 54.6 Å². The minimum atomic E-state index is -0.544. The van der Waals surface area contributed by atoms with Crippen molar-refractivity contribution < 1.29 is 23.7 Å². The molecule has 0 saturated heterocycles. The van der Waals surface area contributed by atoms with Gasteiger partial charge < -0.3 is 24.3 Å². The van der Waals surface area contributed by atoms with E-state index < -0.39 is 6.17 Å². The van der Waals surface area contributed by atoms with Crippen LogP contribution in [0.3, 0.4) is 0 Å². The molecule has 2 aliphatic rings. The minimum absolute atomic E-state index is 0.146. The van der Waals surface area contributed by atoms with E-state index in [4.69, 9.17) is 30.5 Å². The van der Waals surface area contributed by atoms with Crippen molar-refractivity contribution in [3.63, 3.8) is 0 Å². The summed E-state index contributed by atoms with van der Waals surface area (Å²) in [5, 5.41) is 3.85. The third-order valence-electron chi connectivity index (χ3n) is 5.50. The SMILES string of the molecule is COc1cc(C2Nc3ccccc3C(=O)N2c2ccc3c(c2)OCCO3)cc(Cl)c1OC. The number of benzene rings is 3. The topological polar surface area (TPSA) is 69.3 Å². The first-order valence-corrected chi connectivity index (χ1v) is 10.5. The maximum Gasteiger partial charge on any atom is 0.262 e. The Hall–Kier alpha value is -3.58. The van der Waals surface area contributed by atoms with Crippen LogP contribution in [-0.4, -0.2) is 33.3 Å². The molecule has 1 N–H and O–H groups in total. The lowest BCUT2D eigenvalue weighted by atomic mass is 10.0. The molecular formula is C24H21ClN2O5. The van der Waals surface area contributed by atoms with E-state index in [2.05, 4.69) is 5.32 Å². The van der Waals surface area contributed by atoms with Crippen molar-refractivity contribution in [3.8, 4) is 23.0 Å². The monoisotopic (exact) mass is 452 g/mol. The highest BCUT2D eigenvalue weighted by Gasteiger charge is 2.35. The maximum atomic E-state index is 13.7. The van der Waals surface area contributed by atoms with E-state index >= 15 is 0 Å². The third-order valence-corrected chi connectivity index (χ3v) is 5.78. The highest BCUT2D eigenvalue weighted by atomic mass is 35.5. The Bertz CT molecular complexity index is 1200. The number of amides is 1. The van der Waals surface area contributed by atoms with Crippen LogP contribution in [0, 0.1) is 0 Å². The van der Waals surface area contributed by atoms with Crippen molar-refractivity contribution >= 4 is 28.9 Å². The Balaban J connectivity index is 1.66. The predicted octanol–water partition coefficient (Wildman–Crippen LogP) is 4.90. The lowest BCUT2D eigenvalue weighted by Gasteiger charge is -2.38. The molecule has 32 heavy (non-hydrogen) atoms. The number of ether oxygens (including phenoxy) is 4. The lowest BCUT2D eigenvalue weighted by Crippen LogP contribution is -2.43. The molecule has 1 amide bonds. The van der Waals surface area contributed by atoms with Gasteiger partial charge in [-0.05, 0) is 36.4 Å². The molecule has 0 bridgehead atoms. The number of halogens is 1. The second-order valence-electron chi connectivity index (χ2n) is 7.33. The number of methoxy groups -OCH3 is 2. The van der Waals surface area contributed by atoms with Gasteiger partial charge in [0.05, 0.1) is 30.5 Å². The molecule has 0 spiro atoms. The van der Waals surface area contributed by atoms with Crippen LogP contribution in [0.4, 0.5) is 11.4 Å². The second-order valence-corrected chi connectivity index (χ2v) is 7.74. The Kier molecular flexibility index (Phi) is 5.19. The largest absolute Gasteiger partial charge is 0.493 e. The molecule has 5 rings (SSSR count). The molecule has 2 heterocycles. The molecular weight excluding hydrogens is 432 g/mol. The molecule has 3 aromatic rings. The number of rotatable bonds is 4. The van der Waals surface area contributed by atoms with E-state index in [0.717, 1.165) is 11.3 Å². The van der Waals surface area contributed by atoms with Gasteiger partial charge >= 0.3 is 0 Å². The summed E-state index contributed by atoms with van der Waals surface area (Å²) in [7, 11) is 3.08. The normalized spacial score (nSPS) is 16.8. The van der Waals surface area contributed by atoms with Crippen LogP contribution in [0.1, 0.15) is 22.1 Å². The van der Waals surface area contributed by atoms with Gasteiger partial charge in [-0.3, -0.25) is 9.69 Å². The summed E-state index contributed by atoms with van der Waals surface area (Å²) in [5.41, 5.74) is 2.72. The average molecular weight is 453 g/mol. The summed E-state index contributed by atoms with van der Waals surface area (Å²) in [5.74, 6) is 2.02. The van der Waals surface area contributed by atoms with Gasteiger partial charge in [-0.1, -0.05) is 23.7 Å². The highest BCUT2D eigenvalue weighted by Crippen LogP contribution is 2.44. The molecule has 7 nitrogen and oxygen atoms in total. The van der Waals surface area contributed by atoms with Gasteiger partial charge in [0, 0.05) is 17.3 Å². The summed E-state index contributed by atoms with van der Waals surface area (Å²) in [6.07, 6.45) is -0.544. The fourth-order valence-corrected chi connectivity index (χ4v) is 4.33. The smallest absolute Gasteiger partial charge is 0.262 e. The molecule has 0 saturated carbocycles. The number of carbonyl (C=O) groups is 1. The predicted molar refractivity (Wildman–Crippen MR) is 122 cm³/mol. The molecule has 0 radical (unpaired) electrons. The zero-order chi connectivity index (χ0) is 22.2. The number of nitrogens with zero attached hydrogens (tertiary/aromatic N) is 1. The van der Waals surface area contributed by atoms with Crippen molar-refractivity contribution in [1.82, 2.24) is 0 Å². The number of carbonyl (C=O) groups excluding carboxylic acids is 1. The number of fused-ring (bicyclic) bond motifs is 2. The van der Waals surface area contributed by atoms with Gasteiger partial charge in [-0.15, -0.1) is 0 Å². The number of para-hydroxylation sites is 1. The van der Waals surface area contributed by atoms with Crippen molar-refractivity contribution in [2.75, 3.05) is 37.7 Å². The Labute approximate surface area is 190 Å². The maximum absolute atomic E-state index is 13.7. The van der Waals surface area contributed by atoms with Gasteiger partial charge in [-0.2, -0.15) is 0 Å². The first-order valence-electron chi connectivity index (χ1n) is 10.1. The summed E-state index contributed by atoms with van der Waals surface area (Å²) >= 11 is 6.49. The molecule has 1 atom stereocenters. The zero-order valence-corrected chi connectivity index (χ0v) is 18.3. The van der Waals surface area contributed by atoms with E-state index in [1.54, 1.807) is 24.1 Å². The van der Waals surface area contributed by atoms with E-state index in [1.165, 1.54) is 7.11 Å².